The van der Waals surface area contributed by atoms with E-state index in [0.717, 1.165) is 4.47 Å². The highest BCUT2D eigenvalue weighted by Crippen LogP contribution is 2.31. The number of hydrogen-bond acceptors (Lipinski definition) is 4. The van der Waals surface area contributed by atoms with Crippen LogP contribution in [-0.4, -0.2) is 19.0 Å². The van der Waals surface area contributed by atoms with Crippen LogP contribution in [0.3, 0.4) is 0 Å². The van der Waals surface area contributed by atoms with Crippen molar-refractivity contribution < 1.29 is 14.3 Å². The molecule has 1 aromatic rings. The first-order chi connectivity index (χ1) is 7.61. The fourth-order valence-electron chi connectivity index (χ4n) is 1.42. The van der Waals surface area contributed by atoms with Crippen LogP contribution in [-0.2, 0) is 9.53 Å². The van der Waals surface area contributed by atoms with Crippen molar-refractivity contribution in [3.8, 4) is 5.75 Å². The lowest BCUT2D eigenvalue weighted by Gasteiger charge is -2.10. The van der Waals surface area contributed by atoms with E-state index in [0.29, 0.717) is 11.3 Å². The summed E-state index contributed by atoms with van der Waals surface area (Å²) >= 11 is 3.33. The molecular formula is C10H9BrN2O3. The van der Waals surface area contributed by atoms with Gasteiger partial charge in [0.25, 0.3) is 11.9 Å². The SMILES string of the molecule is COc1ccc(C2OC(N)=NC2=O)cc1Br. The summed E-state index contributed by atoms with van der Waals surface area (Å²) in [6.45, 7) is 0. The average molecular weight is 285 g/mol. The molecule has 16 heavy (non-hydrogen) atoms. The van der Waals surface area contributed by atoms with E-state index >= 15 is 0 Å². The first-order valence-electron chi connectivity index (χ1n) is 4.50. The maximum absolute atomic E-state index is 11.4. The zero-order valence-corrected chi connectivity index (χ0v) is 10.0. The van der Waals surface area contributed by atoms with Crippen molar-refractivity contribution in [2.45, 2.75) is 6.10 Å². The van der Waals surface area contributed by atoms with Crippen LogP contribution in [0.25, 0.3) is 0 Å². The van der Waals surface area contributed by atoms with Crippen molar-refractivity contribution in [1.82, 2.24) is 0 Å². The number of nitrogens with two attached hydrogens (primary N) is 1. The van der Waals surface area contributed by atoms with Crippen molar-refractivity contribution in [2.75, 3.05) is 7.11 Å². The van der Waals surface area contributed by atoms with Gasteiger partial charge in [0.15, 0.2) is 0 Å². The third-order valence-corrected chi connectivity index (χ3v) is 2.78. The maximum Gasteiger partial charge on any atom is 0.296 e. The molecule has 0 aliphatic carbocycles. The Kier molecular flexibility index (Phi) is 2.82. The lowest BCUT2D eigenvalue weighted by molar-refractivity contribution is -0.122. The molecule has 1 atom stereocenters. The highest BCUT2D eigenvalue weighted by molar-refractivity contribution is 9.10. The van der Waals surface area contributed by atoms with Crippen LogP contribution in [0.1, 0.15) is 11.7 Å². The summed E-state index contributed by atoms with van der Waals surface area (Å²) in [5, 5.41) is 0. The molecule has 0 bridgehead atoms. The predicted octanol–water partition coefficient (Wildman–Crippen LogP) is 1.37. The van der Waals surface area contributed by atoms with Crippen molar-refractivity contribution in [3.63, 3.8) is 0 Å². The Bertz CT molecular complexity index is 473. The number of carbonyl (C=O) groups excluding carboxylic acids is 1. The van der Waals surface area contributed by atoms with Crippen LogP contribution in [0.2, 0.25) is 0 Å². The van der Waals surface area contributed by atoms with Crippen molar-refractivity contribution in [2.24, 2.45) is 10.7 Å². The summed E-state index contributed by atoms with van der Waals surface area (Å²) in [7, 11) is 1.57. The van der Waals surface area contributed by atoms with Gasteiger partial charge in [-0.25, -0.2) is 0 Å². The molecule has 0 saturated heterocycles. The van der Waals surface area contributed by atoms with Gasteiger partial charge in [0, 0.05) is 5.56 Å². The molecule has 5 nitrogen and oxygen atoms in total. The summed E-state index contributed by atoms with van der Waals surface area (Å²) in [5.41, 5.74) is 6.00. The van der Waals surface area contributed by atoms with Crippen LogP contribution in [0.15, 0.2) is 27.7 Å². The summed E-state index contributed by atoms with van der Waals surface area (Å²) < 4.78 is 10.9. The standard InChI is InChI=1S/C10H9BrN2O3/c1-15-7-3-2-5(4-6(7)11)8-9(14)13-10(12)16-8/h2-4,8H,1H3,(H2,12,13,14). The van der Waals surface area contributed by atoms with E-state index in [2.05, 4.69) is 20.9 Å². The fraction of sp³-hybridized carbons (Fsp3) is 0.200. The molecule has 2 N–H and O–H groups in total. The number of carbonyl (C=O) groups is 1. The molecule has 0 spiro atoms. The zero-order chi connectivity index (χ0) is 11.7. The Labute approximate surface area is 100 Å². The lowest BCUT2D eigenvalue weighted by atomic mass is 10.1. The number of benzene rings is 1. The number of halogens is 1. The summed E-state index contributed by atoms with van der Waals surface area (Å²) in [6, 6.07) is 5.13. The van der Waals surface area contributed by atoms with Crippen molar-refractivity contribution in [1.29, 1.82) is 0 Å². The van der Waals surface area contributed by atoms with Gasteiger partial charge >= 0.3 is 0 Å². The highest BCUT2D eigenvalue weighted by Gasteiger charge is 2.29. The predicted molar refractivity (Wildman–Crippen MR) is 61.1 cm³/mol. The van der Waals surface area contributed by atoms with E-state index in [1.165, 1.54) is 0 Å². The molecule has 6 heteroatoms. The molecule has 1 heterocycles. The van der Waals surface area contributed by atoms with Gasteiger partial charge in [0.05, 0.1) is 11.6 Å². The second kappa shape index (κ2) is 4.13. The first-order valence-corrected chi connectivity index (χ1v) is 5.29. The van der Waals surface area contributed by atoms with E-state index in [-0.39, 0.29) is 6.02 Å². The van der Waals surface area contributed by atoms with Crippen LogP contribution in [0, 0.1) is 0 Å². The number of hydrogen-bond donors (Lipinski definition) is 1. The largest absolute Gasteiger partial charge is 0.496 e. The normalized spacial score (nSPS) is 19.2. The van der Waals surface area contributed by atoms with E-state index in [4.69, 9.17) is 15.2 Å². The van der Waals surface area contributed by atoms with Gasteiger partial charge in [0.2, 0.25) is 6.10 Å². The van der Waals surface area contributed by atoms with Gasteiger partial charge in [-0.05, 0) is 28.1 Å². The minimum Gasteiger partial charge on any atom is -0.496 e. The first kappa shape index (κ1) is 10.9. The molecule has 1 aromatic carbocycles. The van der Waals surface area contributed by atoms with Crippen LogP contribution < -0.4 is 10.5 Å². The second-order valence-electron chi connectivity index (χ2n) is 3.18. The van der Waals surface area contributed by atoms with Gasteiger partial charge in [-0.1, -0.05) is 6.07 Å². The summed E-state index contributed by atoms with van der Waals surface area (Å²) in [6.07, 6.45) is -0.748. The number of amidine groups is 1. The minimum absolute atomic E-state index is 0.0954. The number of methoxy groups -OCH3 is 1. The molecule has 2 rings (SSSR count). The minimum atomic E-state index is -0.748. The number of amides is 1. The summed E-state index contributed by atoms with van der Waals surface area (Å²) in [5.74, 6) is 0.289. The number of aliphatic imine (C=N–C) groups is 1. The van der Waals surface area contributed by atoms with Gasteiger partial charge in [-0.2, -0.15) is 4.99 Å². The quantitative estimate of drug-likeness (QED) is 0.890. The molecule has 84 valence electrons. The molecule has 0 saturated carbocycles. The van der Waals surface area contributed by atoms with Crippen molar-refractivity contribution in [3.05, 3.63) is 28.2 Å². The van der Waals surface area contributed by atoms with Crippen LogP contribution in [0.4, 0.5) is 0 Å². The summed E-state index contributed by atoms with van der Waals surface area (Å²) in [4.78, 5) is 14.9. The van der Waals surface area contributed by atoms with E-state index in [9.17, 15) is 4.79 Å². The Morgan fingerprint density at radius 1 is 1.56 bits per heavy atom. The van der Waals surface area contributed by atoms with Gasteiger partial charge < -0.3 is 15.2 Å². The molecule has 1 unspecified atom stereocenters. The Morgan fingerprint density at radius 3 is 2.81 bits per heavy atom. The number of ether oxygens (including phenoxy) is 2. The van der Waals surface area contributed by atoms with E-state index < -0.39 is 12.0 Å². The number of nitrogens with zero attached hydrogens (tertiary/aromatic N) is 1. The highest BCUT2D eigenvalue weighted by atomic mass is 79.9. The van der Waals surface area contributed by atoms with Crippen molar-refractivity contribution >= 4 is 27.9 Å². The Hall–Kier alpha value is -1.56. The smallest absolute Gasteiger partial charge is 0.296 e. The average Bonchev–Trinajstić information content (AvgIpc) is 2.58. The number of rotatable bonds is 2. The second-order valence-corrected chi connectivity index (χ2v) is 4.03. The molecule has 0 aromatic heterocycles. The zero-order valence-electron chi connectivity index (χ0n) is 8.44. The monoisotopic (exact) mass is 284 g/mol. The topological polar surface area (TPSA) is 73.9 Å². The Balaban J connectivity index is 2.29. The van der Waals surface area contributed by atoms with Crippen LogP contribution >= 0.6 is 15.9 Å². The van der Waals surface area contributed by atoms with E-state index in [1.807, 2.05) is 0 Å². The molecule has 0 radical (unpaired) electrons. The third kappa shape index (κ3) is 1.88. The molecular weight excluding hydrogens is 276 g/mol. The molecule has 1 aliphatic heterocycles. The van der Waals surface area contributed by atoms with Gasteiger partial charge in [0.1, 0.15) is 5.75 Å². The maximum atomic E-state index is 11.4. The van der Waals surface area contributed by atoms with Gasteiger partial charge in [-0.3, -0.25) is 4.79 Å². The van der Waals surface area contributed by atoms with Gasteiger partial charge in [-0.15, -0.1) is 0 Å². The molecule has 1 amide bonds. The fourth-order valence-corrected chi connectivity index (χ4v) is 1.98. The lowest BCUT2D eigenvalue weighted by Crippen LogP contribution is -2.14. The molecule has 0 fully saturated rings. The Morgan fingerprint density at radius 2 is 2.31 bits per heavy atom. The van der Waals surface area contributed by atoms with E-state index in [1.54, 1.807) is 25.3 Å². The third-order valence-electron chi connectivity index (χ3n) is 2.16. The molecule has 1 aliphatic rings. The van der Waals surface area contributed by atoms with Crippen LogP contribution in [0.5, 0.6) is 5.75 Å².